The molecule has 0 saturated carbocycles. The van der Waals surface area contributed by atoms with Gasteiger partial charge < -0.3 is 14.8 Å². The number of aromatic nitrogens is 4. The van der Waals surface area contributed by atoms with Crippen molar-refractivity contribution in [3.05, 3.63) is 54.1 Å². The number of aliphatic hydroxyl groups excluding tert-OH is 1. The molecule has 0 aliphatic rings. The van der Waals surface area contributed by atoms with Crippen molar-refractivity contribution in [3.63, 3.8) is 0 Å². The summed E-state index contributed by atoms with van der Waals surface area (Å²) in [5.74, 6) is -0.208. The Bertz CT molecular complexity index is 778. The van der Waals surface area contributed by atoms with Crippen LogP contribution in [-0.4, -0.2) is 43.1 Å². The van der Waals surface area contributed by atoms with Crippen LogP contribution in [0.25, 0.3) is 5.52 Å². The minimum atomic E-state index is -0.718. The Morgan fingerprint density at radius 3 is 3.05 bits per heavy atom. The first-order valence-electron chi connectivity index (χ1n) is 7.01. The number of aryl methyl sites for hydroxylation is 1. The summed E-state index contributed by atoms with van der Waals surface area (Å²) < 4.78 is 3.43. The lowest BCUT2D eigenvalue weighted by Crippen LogP contribution is -2.34. The zero-order valence-electron chi connectivity index (χ0n) is 12.2. The van der Waals surface area contributed by atoms with Gasteiger partial charge in [-0.3, -0.25) is 4.79 Å². The zero-order chi connectivity index (χ0) is 15.5. The highest BCUT2D eigenvalue weighted by Crippen LogP contribution is 2.14. The third-order valence-corrected chi connectivity index (χ3v) is 3.48. The van der Waals surface area contributed by atoms with Crippen molar-refractivity contribution in [2.45, 2.75) is 19.6 Å². The van der Waals surface area contributed by atoms with Gasteiger partial charge in [0.25, 0.3) is 5.91 Å². The van der Waals surface area contributed by atoms with Crippen LogP contribution in [0.4, 0.5) is 0 Å². The highest BCUT2D eigenvalue weighted by molar-refractivity contribution is 5.95. The van der Waals surface area contributed by atoms with E-state index >= 15 is 0 Å². The van der Waals surface area contributed by atoms with Gasteiger partial charge in [0.05, 0.1) is 24.4 Å². The maximum absolute atomic E-state index is 12.2. The highest BCUT2D eigenvalue weighted by atomic mass is 16.3. The molecule has 0 fully saturated rings. The topological polar surface area (TPSA) is 84.5 Å². The maximum Gasteiger partial charge on any atom is 0.252 e. The Morgan fingerprint density at radius 2 is 2.32 bits per heavy atom. The van der Waals surface area contributed by atoms with Crippen LogP contribution in [-0.2, 0) is 6.54 Å². The normalized spacial score (nSPS) is 12.5. The molecule has 3 aromatic heterocycles. The van der Waals surface area contributed by atoms with E-state index in [1.807, 2.05) is 35.7 Å². The lowest BCUT2D eigenvalue weighted by atomic mass is 10.2. The molecule has 3 aromatic rings. The van der Waals surface area contributed by atoms with E-state index in [4.69, 9.17) is 0 Å². The maximum atomic E-state index is 12.2. The molecule has 3 heterocycles. The van der Waals surface area contributed by atoms with Crippen molar-refractivity contribution < 1.29 is 9.90 Å². The summed E-state index contributed by atoms with van der Waals surface area (Å²) >= 11 is 0. The molecule has 22 heavy (non-hydrogen) atoms. The van der Waals surface area contributed by atoms with Crippen molar-refractivity contribution in [1.82, 2.24) is 24.7 Å². The van der Waals surface area contributed by atoms with Crippen molar-refractivity contribution in [3.8, 4) is 0 Å². The van der Waals surface area contributed by atoms with Gasteiger partial charge in [-0.2, -0.15) is 0 Å². The summed E-state index contributed by atoms with van der Waals surface area (Å²) in [6.45, 7) is 2.44. The molecular formula is C15H17N5O2. The molecule has 3 rings (SSSR count). The van der Waals surface area contributed by atoms with E-state index in [0.717, 1.165) is 11.1 Å². The molecule has 0 aliphatic heterocycles. The molecule has 0 saturated heterocycles. The Morgan fingerprint density at radius 1 is 1.45 bits per heavy atom. The smallest absolute Gasteiger partial charge is 0.252 e. The number of rotatable bonds is 5. The van der Waals surface area contributed by atoms with E-state index < -0.39 is 6.10 Å². The van der Waals surface area contributed by atoms with Gasteiger partial charge in [0, 0.05) is 30.7 Å². The second kappa shape index (κ2) is 5.98. The number of amides is 1. The van der Waals surface area contributed by atoms with E-state index in [1.54, 1.807) is 18.6 Å². The third kappa shape index (κ3) is 2.99. The van der Waals surface area contributed by atoms with Crippen LogP contribution in [0.2, 0.25) is 0 Å². The first-order valence-corrected chi connectivity index (χ1v) is 7.01. The monoisotopic (exact) mass is 299 g/mol. The van der Waals surface area contributed by atoms with Gasteiger partial charge in [0.1, 0.15) is 0 Å². The van der Waals surface area contributed by atoms with Crippen molar-refractivity contribution in [1.29, 1.82) is 0 Å². The second-order valence-corrected chi connectivity index (χ2v) is 5.20. The largest absolute Gasteiger partial charge is 0.389 e. The van der Waals surface area contributed by atoms with E-state index in [9.17, 15) is 9.90 Å². The number of hydrogen-bond acceptors (Lipinski definition) is 4. The minimum absolute atomic E-state index is 0.157. The van der Waals surface area contributed by atoms with Crippen LogP contribution >= 0.6 is 0 Å². The molecule has 0 spiro atoms. The van der Waals surface area contributed by atoms with Gasteiger partial charge in [-0.25, -0.2) is 4.68 Å². The fourth-order valence-corrected chi connectivity index (χ4v) is 2.33. The summed E-state index contributed by atoms with van der Waals surface area (Å²) in [5, 5.41) is 20.1. The number of nitrogens with one attached hydrogen (secondary N) is 1. The fraction of sp³-hybridized carbons (Fsp3) is 0.267. The second-order valence-electron chi connectivity index (χ2n) is 5.20. The van der Waals surface area contributed by atoms with Gasteiger partial charge in [-0.15, -0.1) is 5.10 Å². The number of aliphatic hydroxyl groups is 1. The summed E-state index contributed by atoms with van der Waals surface area (Å²) in [4.78, 5) is 12.2. The SMILES string of the molecule is Cc1cccn2cc(C(=O)NCC(O)Cn3ccnn3)cc12. The first-order chi connectivity index (χ1) is 10.6. The number of carbonyl (C=O) groups is 1. The van der Waals surface area contributed by atoms with Gasteiger partial charge in [-0.05, 0) is 24.6 Å². The molecule has 1 atom stereocenters. The van der Waals surface area contributed by atoms with Gasteiger partial charge >= 0.3 is 0 Å². The van der Waals surface area contributed by atoms with Crippen molar-refractivity contribution in [2.24, 2.45) is 0 Å². The predicted octanol–water partition coefficient (Wildman–Crippen LogP) is 0.630. The van der Waals surface area contributed by atoms with Crippen LogP contribution in [0, 0.1) is 6.92 Å². The summed E-state index contributed by atoms with van der Waals surface area (Å²) in [6.07, 6.45) is 6.17. The molecular weight excluding hydrogens is 282 g/mol. The standard InChI is InChI=1S/C15H17N5O2/c1-11-3-2-5-19-9-12(7-14(11)19)15(22)16-8-13(21)10-20-6-4-17-18-20/h2-7,9,13,21H,8,10H2,1H3,(H,16,22). The Balaban J connectivity index is 1.62. The number of pyridine rings is 1. The van der Waals surface area contributed by atoms with E-state index in [2.05, 4.69) is 15.6 Å². The Kier molecular flexibility index (Phi) is 3.88. The molecule has 0 bridgehead atoms. The Hall–Kier alpha value is -2.67. The number of hydrogen-bond donors (Lipinski definition) is 2. The average Bonchev–Trinajstić information content (AvgIpc) is 3.14. The van der Waals surface area contributed by atoms with Crippen LogP contribution < -0.4 is 5.32 Å². The summed E-state index contributed by atoms with van der Waals surface area (Å²) in [5.41, 5.74) is 2.67. The van der Waals surface area contributed by atoms with Crippen LogP contribution in [0.15, 0.2) is 43.0 Å². The van der Waals surface area contributed by atoms with Gasteiger partial charge in [0.2, 0.25) is 0 Å². The van der Waals surface area contributed by atoms with Crippen LogP contribution in [0.5, 0.6) is 0 Å². The molecule has 0 aromatic carbocycles. The lowest BCUT2D eigenvalue weighted by molar-refractivity contribution is 0.0900. The predicted molar refractivity (Wildman–Crippen MR) is 80.5 cm³/mol. The number of nitrogens with zero attached hydrogens (tertiary/aromatic N) is 4. The minimum Gasteiger partial charge on any atom is -0.389 e. The molecule has 7 nitrogen and oxygen atoms in total. The third-order valence-electron chi connectivity index (χ3n) is 3.48. The quantitative estimate of drug-likeness (QED) is 0.724. The molecule has 0 aliphatic carbocycles. The van der Waals surface area contributed by atoms with Gasteiger partial charge in [0.15, 0.2) is 0 Å². The Labute approximate surface area is 127 Å². The van der Waals surface area contributed by atoms with Gasteiger partial charge in [-0.1, -0.05) is 11.3 Å². The zero-order valence-corrected chi connectivity index (χ0v) is 12.2. The van der Waals surface area contributed by atoms with Crippen molar-refractivity contribution >= 4 is 11.4 Å². The molecule has 2 N–H and O–H groups in total. The number of fused-ring (bicyclic) bond motifs is 1. The van der Waals surface area contributed by atoms with E-state index in [1.165, 1.54) is 4.68 Å². The highest BCUT2D eigenvalue weighted by Gasteiger charge is 2.12. The lowest BCUT2D eigenvalue weighted by Gasteiger charge is -2.10. The molecule has 1 unspecified atom stereocenters. The van der Waals surface area contributed by atoms with Crippen molar-refractivity contribution in [2.75, 3.05) is 6.54 Å². The van der Waals surface area contributed by atoms with Crippen LogP contribution in [0.1, 0.15) is 15.9 Å². The molecule has 1 amide bonds. The average molecular weight is 299 g/mol. The molecule has 7 heteroatoms. The van der Waals surface area contributed by atoms with E-state index in [0.29, 0.717) is 5.56 Å². The van der Waals surface area contributed by atoms with E-state index in [-0.39, 0.29) is 19.0 Å². The van der Waals surface area contributed by atoms with Crippen LogP contribution in [0.3, 0.4) is 0 Å². The summed E-state index contributed by atoms with van der Waals surface area (Å²) in [7, 11) is 0. The molecule has 0 radical (unpaired) electrons. The fourth-order valence-electron chi connectivity index (χ4n) is 2.33. The number of carbonyl (C=O) groups excluding carboxylic acids is 1. The summed E-state index contributed by atoms with van der Waals surface area (Å²) in [6, 6.07) is 5.78. The first kappa shape index (κ1) is 14.3. The molecule has 114 valence electrons.